The molecule has 0 bridgehead atoms. The predicted octanol–water partition coefficient (Wildman–Crippen LogP) is 1.56. The zero-order valence-electron chi connectivity index (χ0n) is 12.0. The summed E-state index contributed by atoms with van der Waals surface area (Å²) < 4.78 is 0. The first kappa shape index (κ1) is 14.0. The highest BCUT2D eigenvalue weighted by Crippen LogP contribution is 2.33. The Kier molecular flexibility index (Phi) is 3.46. The molecule has 0 unspecified atom stereocenters. The van der Waals surface area contributed by atoms with Gasteiger partial charge in [-0.25, -0.2) is 4.99 Å². The number of aromatic amines is 1. The van der Waals surface area contributed by atoms with E-state index in [0.29, 0.717) is 18.1 Å². The van der Waals surface area contributed by atoms with Crippen molar-refractivity contribution in [2.75, 3.05) is 17.2 Å². The molecule has 7 heteroatoms. The zero-order chi connectivity index (χ0) is 15.7. The number of carbonyl (C=O) groups excluding carboxylic acids is 1. The van der Waals surface area contributed by atoms with Crippen LogP contribution in [0.3, 0.4) is 0 Å². The van der Waals surface area contributed by atoms with Crippen LogP contribution in [0, 0.1) is 0 Å². The summed E-state index contributed by atoms with van der Waals surface area (Å²) in [6.45, 7) is 1.89. The molecule has 2 aromatic rings. The second-order valence-corrected chi connectivity index (χ2v) is 5.10. The number of fused-ring (bicyclic) bond motifs is 1. The summed E-state index contributed by atoms with van der Waals surface area (Å²) >= 11 is 0. The minimum absolute atomic E-state index is 0.00459. The molecule has 0 radical (unpaired) electrons. The fraction of sp³-hybridized carbons (Fsp3) is 0.200. The van der Waals surface area contributed by atoms with Crippen molar-refractivity contribution in [3.63, 3.8) is 0 Å². The van der Waals surface area contributed by atoms with Crippen molar-refractivity contribution in [1.82, 2.24) is 9.97 Å². The van der Waals surface area contributed by atoms with Gasteiger partial charge in [0, 0.05) is 17.8 Å². The Morgan fingerprint density at radius 3 is 2.77 bits per heavy atom. The number of rotatable bonds is 3. The number of para-hydroxylation sites is 1. The quantitative estimate of drug-likeness (QED) is 0.894. The molecular weight excluding hydrogens is 282 g/mol. The Labute approximate surface area is 126 Å². The zero-order valence-corrected chi connectivity index (χ0v) is 12.0. The van der Waals surface area contributed by atoms with Crippen LogP contribution in [0.4, 0.5) is 23.1 Å². The van der Waals surface area contributed by atoms with E-state index in [4.69, 9.17) is 5.73 Å². The lowest BCUT2D eigenvalue weighted by atomic mass is 10.1. The Balaban J connectivity index is 2.16. The summed E-state index contributed by atoms with van der Waals surface area (Å²) in [5.74, 6) is 0.435. The SMILES string of the molecule is CC(=O)CC1=Nc2c(nc(N)[nH]c2=O)N(c2ccccc2)C1. The van der Waals surface area contributed by atoms with Crippen molar-refractivity contribution in [2.45, 2.75) is 13.3 Å². The number of aromatic nitrogens is 2. The molecule has 0 aliphatic carbocycles. The van der Waals surface area contributed by atoms with Crippen LogP contribution in [-0.4, -0.2) is 28.0 Å². The topological polar surface area (TPSA) is 104 Å². The third-order valence-corrected chi connectivity index (χ3v) is 3.28. The molecule has 3 N–H and O–H groups in total. The molecule has 1 aromatic carbocycles. The third-order valence-electron chi connectivity index (χ3n) is 3.28. The first-order valence-electron chi connectivity index (χ1n) is 6.83. The number of nitrogens with one attached hydrogen (secondary N) is 1. The van der Waals surface area contributed by atoms with Gasteiger partial charge in [-0.3, -0.25) is 14.6 Å². The van der Waals surface area contributed by atoms with E-state index in [-0.39, 0.29) is 23.8 Å². The molecule has 0 atom stereocenters. The van der Waals surface area contributed by atoms with E-state index in [1.54, 1.807) is 0 Å². The molecule has 1 aromatic heterocycles. The molecule has 0 fully saturated rings. The van der Waals surface area contributed by atoms with Gasteiger partial charge in [-0.2, -0.15) is 4.98 Å². The number of ketones is 1. The smallest absolute Gasteiger partial charge is 0.280 e. The maximum absolute atomic E-state index is 12.1. The van der Waals surface area contributed by atoms with Crippen molar-refractivity contribution in [3.05, 3.63) is 40.7 Å². The first-order chi connectivity index (χ1) is 10.5. The van der Waals surface area contributed by atoms with Gasteiger partial charge in [0.25, 0.3) is 5.56 Å². The highest BCUT2D eigenvalue weighted by molar-refractivity contribution is 6.06. The molecular formula is C15H15N5O2. The number of carbonyl (C=O) groups is 1. The van der Waals surface area contributed by atoms with Crippen LogP contribution < -0.4 is 16.2 Å². The van der Waals surface area contributed by atoms with Crippen LogP contribution in [0.25, 0.3) is 0 Å². The standard InChI is InChI=1S/C15H15N5O2/c1-9(21)7-10-8-20(11-5-3-2-4-6-11)13-12(17-10)14(22)19-15(16)18-13/h2-6H,7-8H2,1H3,(H3,16,18,19,22). The van der Waals surface area contributed by atoms with Crippen LogP contribution in [-0.2, 0) is 4.79 Å². The lowest BCUT2D eigenvalue weighted by Gasteiger charge is -2.28. The van der Waals surface area contributed by atoms with Crippen molar-refractivity contribution in [1.29, 1.82) is 0 Å². The van der Waals surface area contributed by atoms with E-state index >= 15 is 0 Å². The van der Waals surface area contributed by atoms with Gasteiger partial charge in [-0.1, -0.05) is 18.2 Å². The molecule has 0 saturated carbocycles. The largest absolute Gasteiger partial charge is 0.369 e. The normalized spacial score (nSPS) is 13.5. The number of benzene rings is 1. The molecule has 0 amide bonds. The average Bonchev–Trinajstić information content (AvgIpc) is 2.47. The summed E-state index contributed by atoms with van der Waals surface area (Å²) in [4.78, 5) is 36.3. The highest BCUT2D eigenvalue weighted by atomic mass is 16.1. The maximum atomic E-state index is 12.1. The minimum Gasteiger partial charge on any atom is -0.369 e. The fourth-order valence-corrected chi connectivity index (χ4v) is 2.42. The molecule has 112 valence electrons. The number of hydrogen-bond donors (Lipinski definition) is 2. The minimum atomic E-state index is -0.413. The van der Waals surface area contributed by atoms with Gasteiger partial charge in [0.15, 0.2) is 11.5 Å². The van der Waals surface area contributed by atoms with Crippen LogP contribution >= 0.6 is 0 Å². The predicted molar refractivity (Wildman–Crippen MR) is 85.1 cm³/mol. The number of anilines is 3. The van der Waals surface area contributed by atoms with Crippen molar-refractivity contribution < 1.29 is 4.79 Å². The van der Waals surface area contributed by atoms with Gasteiger partial charge in [0.05, 0.1) is 6.54 Å². The number of nitrogen functional groups attached to an aromatic ring is 1. The van der Waals surface area contributed by atoms with E-state index in [2.05, 4.69) is 15.0 Å². The lowest BCUT2D eigenvalue weighted by Crippen LogP contribution is -2.32. The molecule has 0 saturated heterocycles. The van der Waals surface area contributed by atoms with E-state index in [1.165, 1.54) is 6.92 Å². The number of nitrogens with zero attached hydrogens (tertiary/aromatic N) is 3. The molecule has 1 aliphatic heterocycles. The van der Waals surface area contributed by atoms with Gasteiger partial charge in [0.1, 0.15) is 5.78 Å². The van der Waals surface area contributed by atoms with Crippen molar-refractivity contribution in [3.8, 4) is 0 Å². The number of aliphatic imine (C=N–C) groups is 1. The highest BCUT2D eigenvalue weighted by Gasteiger charge is 2.25. The average molecular weight is 297 g/mol. The van der Waals surface area contributed by atoms with E-state index < -0.39 is 5.56 Å². The number of Topliss-reactive ketones (excluding diaryl/α,β-unsaturated/α-hetero) is 1. The number of H-pyrrole nitrogens is 1. The molecule has 22 heavy (non-hydrogen) atoms. The lowest BCUT2D eigenvalue weighted by molar-refractivity contribution is -0.115. The van der Waals surface area contributed by atoms with Crippen molar-refractivity contribution >= 4 is 34.6 Å². The van der Waals surface area contributed by atoms with Crippen LogP contribution in [0.5, 0.6) is 0 Å². The van der Waals surface area contributed by atoms with E-state index in [0.717, 1.165) is 5.69 Å². The van der Waals surface area contributed by atoms with Gasteiger partial charge in [0.2, 0.25) is 5.95 Å². The third kappa shape index (κ3) is 2.60. The molecule has 7 nitrogen and oxygen atoms in total. The first-order valence-corrected chi connectivity index (χ1v) is 6.83. The van der Waals surface area contributed by atoms with E-state index in [9.17, 15) is 9.59 Å². The van der Waals surface area contributed by atoms with Crippen LogP contribution in [0.1, 0.15) is 13.3 Å². The second-order valence-electron chi connectivity index (χ2n) is 5.10. The molecule has 2 heterocycles. The fourth-order valence-electron chi connectivity index (χ4n) is 2.42. The molecule has 0 spiro atoms. The van der Waals surface area contributed by atoms with Gasteiger partial charge in [-0.15, -0.1) is 0 Å². The van der Waals surface area contributed by atoms with Gasteiger partial charge < -0.3 is 10.6 Å². The number of hydrogen-bond acceptors (Lipinski definition) is 6. The molecule has 1 aliphatic rings. The summed E-state index contributed by atoms with van der Waals surface area (Å²) in [6, 6.07) is 9.49. The summed E-state index contributed by atoms with van der Waals surface area (Å²) in [7, 11) is 0. The maximum Gasteiger partial charge on any atom is 0.280 e. The molecule has 3 rings (SSSR count). The Morgan fingerprint density at radius 2 is 2.09 bits per heavy atom. The van der Waals surface area contributed by atoms with Crippen LogP contribution in [0.2, 0.25) is 0 Å². The Morgan fingerprint density at radius 1 is 1.36 bits per heavy atom. The Hall–Kier alpha value is -2.96. The van der Waals surface area contributed by atoms with E-state index in [1.807, 2.05) is 35.2 Å². The summed E-state index contributed by atoms with van der Waals surface area (Å²) in [5, 5.41) is 0. The summed E-state index contributed by atoms with van der Waals surface area (Å²) in [6.07, 6.45) is 0.201. The summed E-state index contributed by atoms with van der Waals surface area (Å²) in [5.41, 5.74) is 6.90. The van der Waals surface area contributed by atoms with Crippen molar-refractivity contribution in [2.24, 2.45) is 4.99 Å². The number of nitrogens with two attached hydrogens (primary N) is 1. The monoisotopic (exact) mass is 297 g/mol. The second kappa shape index (κ2) is 5.44. The Bertz CT molecular complexity index is 810. The van der Waals surface area contributed by atoms with Crippen LogP contribution in [0.15, 0.2) is 40.1 Å². The van der Waals surface area contributed by atoms with Gasteiger partial charge >= 0.3 is 0 Å². The van der Waals surface area contributed by atoms with Gasteiger partial charge in [-0.05, 0) is 19.1 Å².